The van der Waals surface area contributed by atoms with Crippen LogP contribution in [0.1, 0.15) is 5.69 Å². The number of aromatic nitrogens is 1. The maximum absolute atomic E-state index is 11.8. The Labute approximate surface area is 150 Å². The van der Waals surface area contributed by atoms with Crippen molar-refractivity contribution in [3.63, 3.8) is 0 Å². The van der Waals surface area contributed by atoms with Crippen LogP contribution in [0, 0.1) is 0 Å². The van der Waals surface area contributed by atoms with Crippen LogP contribution in [0.5, 0.6) is 5.75 Å². The largest absolute Gasteiger partial charge is 0.484 e. The fourth-order valence-electron chi connectivity index (χ4n) is 2.21. The molecule has 5 nitrogen and oxygen atoms in total. The number of hydrogen-bond donors (Lipinski definition) is 1. The summed E-state index contributed by atoms with van der Waals surface area (Å²) >= 11 is 5.79. The maximum atomic E-state index is 11.8. The Bertz CT molecular complexity index is 858. The van der Waals surface area contributed by atoms with Gasteiger partial charge < -0.3 is 9.30 Å². The van der Waals surface area contributed by atoms with Crippen molar-refractivity contribution in [2.75, 3.05) is 6.61 Å². The normalized spacial score (nSPS) is 10.8. The third-order valence-electron chi connectivity index (χ3n) is 3.38. The van der Waals surface area contributed by atoms with E-state index in [4.69, 9.17) is 16.3 Å². The molecule has 6 heteroatoms. The van der Waals surface area contributed by atoms with E-state index in [0.717, 1.165) is 11.4 Å². The van der Waals surface area contributed by atoms with E-state index in [1.54, 1.807) is 30.5 Å². The van der Waals surface area contributed by atoms with Crippen molar-refractivity contribution < 1.29 is 9.53 Å². The molecular formula is C19H16ClN3O2. The maximum Gasteiger partial charge on any atom is 0.277 e. The van der Waals surface area contributed by atoms with E-state index in [-0.39, 0.29) is 12.5 Å². The molecule has 0 aliphatic carbocycles. The Kier molecular flexibility index (Phi) is 5.49. The SMILES string of the molecule is O=C(COc1ccc(Cl)cc1)N/N=C\c1cccn1-c1ccccc1. The summed E-state index contributed by atoms with van der Waals surface area (Å²) in [5.74, 6) is 0.227. The summed E-state index contributed by atoms with van der Waals surface area (Å²) in [7, 11) is 0. The molecule has 1 heterocycles. The summed E-state index contributed by atoms with van der Waals surface area (Å²) in [6.45, 7) is -0.126. The van der Waals surface area contributed by atoms with Gasteiger partial charge in [-0.2, -0.15) is 5.10 Å². The van der Waals surface area contributed by atoms with Gasteiger partial charge in [0.2, 0.25) is 0 Å². The number of amides is 1. The predicted molar refractivity (Wildman–Crippen MR) is 98.5 cm³/mol. The number of para-hydroxylation sites is 1. The molecule has 126 valence electrons. The lowest BCUT2D eigenvalue weighted by atomic mass is 10.3. The fraction of sp³-hybridized carbons (Fsp3) is 0.0526. The number of hydrogen-bond acceptors (Lipinski definition) is 3. The van der Waals surface area contributed by atoms with Crippen molar-refractivity contribution in [1.82, 2.24) is 9.99 Å². The number of carbonyl (C=O) groups excluding carboxylic acids is 1. The molecule has 0 radical (unpaired) electrons. The molecule has 0 fully saturated rings. The van der Waals surface area contributed by atoms with Crippen molar-refractivity contribution in [3.8, 4) is 11.4 Å². The summed E-state index contributed by atoms with van der Waals surface area (Å²) in [6.07, 6.45) is 3.52. The molecule has 0 saturated heterocycles. The zero-order valence-electron chi connectivity index (χ0n) is 13.3. The van der Waals surface area contributed by atoms with Crippen LogP contribution < -0.4 is 10.2 Å². The molecule has 1 aromatic heterocycles. The van der Waals surface area contributed by atoms with Gasteiger partial charge in [-0.05, 0) is 48.5 Å². The number of hydrazone groups is 1. The van der Waals surface area contributed by atoms with Gasteiger partial charge in [0.1, 0.15) is 5.75 Å². The van der Waals surface area contributed by atoms with Crippen LogP contribution in [-0.4, -0.2) is 23.3 Å². The number of rotatable bonds is 6. The van der Waals surface area contributed by atoms with Crippen LogP contribution in [0.4, 0.5) is 0 Å². The molecule has 0 spiro atoms. The zero-order valence-corrected chi connectivity index (χ0v) is 14.1. The summed E-state index contributed by atoms with van der Waals surface area (Å²) in [6, 6.07) is 20.5. The third kappa shape index (κ3) is 4.71. The topological polar surface area (TPSA) is 55.6 Å². The Morgan fingerprint density at radius 1 is 1.08 bits per heavy atom. The van der Waals surface area contributed by atoms with Gasteiger partial charge in [-0.25, -0.2) is 5.43 Å². The number of ether oxygens (including phenoxy) is 1. The van der Waals surface area contributed by atoms with E-state index < -0.39 is 0 Å². The molecule has 3 rings (SSSR count). The zero-order chi connectivity index (χ0) is 17.5. The minimum atomic E-state index is -0.344. The number of nitrogens with one attached hydrogen (secondary N) is 1. The Balaban J connectivity index is 1.54. The molecule has 0 aliphatic rings. The van der Waals surface area contributed by atoms with E-state index >= 15 is 0 Å². The first-order valence-electron chi connectivity index (χ1n) is 7.65. The first kappa shape index (κ1) is 16.8. The highest BCUT2D eigenvalue weighted by Crippen LogP contribution is 2.15. The fourth-order valence-corrected chi connectivity index (χ4v) is 2.33. The van der Waals surface area contributed by atoms with E-state index in [1.807, 2.05) is 53.2 Å². The lowest BCUT2D eigenvalue weighted by molar-refractivity contribution is -0.123. The molecule has 0 aliphatic heterocycles. The monoisotopic (exact) mass is 353 g/mol. The van der Waals surface area contributed by atoms with Gasteiger partial charge in [-0.15, -0.1) is 0 Å². The van der Waals surface area contributed by atoms with Gasteiger partial charge in [0.15, 0.2) is 6.61 Å². The van der Waals surface area contributed by atoms with Gasteiger partial charge in [0, 0.05) is 16.9 Å². The minimum Gasteiger partial charge on any atom is -0.484 e. The van der Waals surface area contributed by atoms with Gasteiger partial charge in [0.05, 0.1) is 11.9 Å². The van der Waals surface area contributed by atoms with E-state index in [1.165, 1.54) is 0 Å². The van der Waals surface area contributed by atoms with Crippen molar-refractivity contribution >= 4 is 23.7 Å². The van der Waals surface area contributed by atoms with Crippen LogP contribution in [0.3, 0.4) is 0 Å². The highest BCUT2D eigenvalue weighted by molar-refractivity contribution is 6.30. The predicted octanol–water partition coefficient (Wildman–Crippen LogP) is 3.66. The van der Waals surface area contributed by atoms with Gasteiger partial charge in [-0.3, -0.25) is 4.79 Å². The van der Waals surface area contributed by atoms with Crippen molar-refractivity contribution in [1.29, 1.82) is 0 Å². The summed E-state index contributed by atoms with van der Waals surface area (Å²) < 4.78 is 7.33. The Hall–Kier alpha value is -3.05. The first-order valence-corrected chi connectivity index (χ1v) is 8.03. The molecule has 0 atom stereocenters. The van der Waals surface area contributed by atoms with Crippen LogP contribution >= 0.6 is 11.6 Å². The molecule has 25 heavy (non-hydrogen) atoms. The molecule has 0 bridgehead atoms. The summed E-state index contributed by atoms with van der Waals surface area (Å²) in [5.41, 5.74) is 4.32. The number of halogens is 1. The molecule has 3 aromatic rings. The minimum absolute atomic E-state index is 0.126. The first-order chi connectivity index (χ1) is 12.2. The molecule has 0 unspecified atom stereocenters. The van der Waals surface area contributed by atoms with Gasteiger partial charge in [-0.1, -0.05) is 29.8 Å². The van der Waals surface area contributed by atoms with Crippen molar-refractivity contribution in [2.45, 2.75) is 0 Å². The quantitative estimate of drug-likeness (QED) is 0.543. The second kappa shape index (κ2) is 8.17. The number of nitrogens with zero attached hydrogens (tertiary/aromatic N) is 2. The van der Waals surface area contributed by atoms with Gasteiger partial charge >= 0.3 is 0 Å². The van der Waals surface area contributed by atoms with E-state index in [2.05, 4.69) is 10.5 Å². The second-order valence-corrected chi connectivity index (χ2v) is 5.61. The van der Waals surface area contributed by atoms with Crippen LogP contribution in [0.15, 0.2) is 78.0 Å². The molecular weight excluding hydrogens is 338 g/mol. The number of carbonyl (C=O) groups is 1. The lowest BCUT2D eigenvalue weighted by Gasteiger charge is -2.06. The summed E-state index contributed by atoms with van der Waals surface area (Å²) in [4.78, 5) is 11.8. The standard InChI is InChI=1S/C19H16ClN3O2/c20-15-8-10-18(11-9-15)25-14-19(24)22-21-13-17-7-4-12-23(17)16-5-2-1-3-6-16/h1-13H,14H2,(H,22,24)/b21-13-. The molecule has 0 saturated carbocycles. The van der Waals surface area contributed by atoms with Crippen molar-refractivity contribution in [2.24, 2.45) is 5.10 Å². The third-order valence-corrected chi connectivity index (χ3v) is 3.64. The van der Waals surface area contributed by atoms with Crippen LogP contribution in [-0.2, 0) is 4.79 Å². The van der Waals surface area contributed by atoms with E-state index in [9.17, 15) is 4.79 Å². The summed E-state index contributed by atoms with van der Waals surface area (Å²) in [5, 5.41) is 4.59. The molecule has 2 aromatic carbocycles. The molecule has 1 N–H and O–H groups in total. The Morgan fingerprint density at radius 3 is 2.60 bits per heavy atom. The highest BCUT2D eigenvalue weighted by atomic mass is 35.5. The highest BCUT2D eigenvalue weighted by Gasteiger charge is 2.03. The average molecular weight is 354 g/mol. The van der Waals surface area contributed by atoms with E-state index in [0.29, 0.717) is 10.8 Å². The van der Waals surface area contributed by atoms with Gasteiger partial charge in [0.25, 0.3) is 5.91 Å². The lowest BCUT2D eigenvalue weighted by Crippen LogP contribution is -2.24. The average Bonchev–Trinajstić information content (AvgIpc) is 3.10. The smallest absolute Gasteiger partial charge is 0.277 e. The second-order valence-electron chi connectivity index (χ2n) is 5.17. The number of benzene rings is 2. The van der Waals surface area contributed by atoms with Crippen molar-refractivity contribution in [3.05, 3.63) is 83.6 Å². The Morgan fingerprint density at radius 2 is 1.84 bits per heavy atom. The van der Waals surface area contributed by atoms with Crippen LogP contribution in [0.2, 0.25) is 5.02 Å². The van der Waals surface area contributed by atoms with Crippen LogP contribution in [0.25, 0.3) is 5.69 Å². The molecule has 1 amide bonds.